The Labute approximate surface area is 196 Å². The molecule has 3 aromatic carbocycles. The number of nitrogens with zero attached hydrogens (tertiary/aromatic N) is 2. The van der Waals surface area contributed by atoms with Crippen LogP contribution < -0.4 is 24.4 Å². The van der Waals surface area contributed by atoms with Crippen LogP contribution in [-0.4, -0.2) is 40.9 Å². The third-order valence-electron chi connectivity index (χ3n) is 4.64. The van der Waals surface area contributed by atoms with Crippen LogP contribution in [0.15, 0.2) is 70.7 Å². The van der Waals surface area contributed by atoms with E-state index in [1.807, 2.05) is 0 Å². The summed E-state index contributed by atoms with van der Waals surface area (Å²) in [5.74, 6) is 1.63. The zero-order valence-electron chi connectivity index (χ0n) is 18.5. The molecule has 0 fully saturated rings. The number of hydrogen-bond acceptors (Lipinski definition) is 9. The molecule has 12 heteroatoms. The van der Waals surface area contributed by atoms with Gasteiger partial charge in [0.05, 0.1) is 38.2 Å². The molecule has 178 valence electrons. The second-order valence-corrected chi connectivity index (χ2v) is 8.40. The molecule has 11 nitrogen and oxygen atoms in total. The van der Waals surface area contributed by atoms with Crippen molar-refractivity contribution in [2.45, 2.75) is 4.90 Å². The van der Waals surface area contributed by atoms with Crippen molar-refractivity contribution in [2.24, 2.45) is 5.10 Å². The zero-order chi connectivity index (χ0) is 24.7. The van der Waals surface area contributed by atoms with E-state index in [4.69, 9.17) is 14.2 Å². The third-order valence-corrected chi connectivity index (χ3v) is 6.06. The van der Waals surface area contributed by atoms with Gasteiger partial charge in [0.1, 0.15) is 22.1 Å². The summed E-state index contributed by atoms with van der Waals surface area (Å²) in [6, 6.07) is 14.7. The van der Waals surface area contributed by atoms with E-state index in [0.29, 0.717) is 22.8 Å². The fourth-order valence-corrected chi connectivity index (χ4v) is 4.14. The van der Waals surface area contributed by atoms with E-state index < -0.39 is 14.9 Å². The summed E-state index contributed by atoms with van der Waals surface area (Å²) in [7, 11) is 0.299. The average molecular weight is 487 g/mol. The van der Waals surface area contributed by atoms with E-state index in [2.05, 4.69) is 15.2 Å². The monoisotopic (exact) mass is 486 g/mol. The normalized spacial score (nSPS) is 11.1. The minimum atomic E-state index is -4.21. The van der Waals surface area contributed by atoms with Crippen LogP contribution in [0.3, 0.4) is 0 Å². The predicted molar refractivity (Wildman–Crippen MR) is 128 cm³/mol. The van der Waals surface area contributed by atoms with Crippen molar-refractivity contribution in [3.63, 3.8) is 0 Å². The fraction of sp³-hybridized carbons (Fsp3) is 0.136. The Hall–Kier alpha value is -4.32. The molecule has 3 rings (SSSR count). The van der Waals surface area contributed by atoms with Crippen molar-refractivity contribution in [1.29, 1.82) is 0 Å². The van der Waals surface area contributed by atoms with Crippen molar-refractivity contribution in [2.75, 3.05) is 31.5 Å². The van der Waals surface area contributed by atoms with E-state index in [1.54, 1.807) is 30.3 Å². The van der Waals surface area contributed by atoms with Gasteiger partial charge in [0.15, 0.2) is 0 Å². The third kappa shape index (κ3) is 5.72. The summed E-state index contributed by atoms with van der Waals surface area (Å²) >= 11 is 0. The highest BCUT2D eigenvalue weighted by molar-refractivity contribution is 7.92. The molecule has 0 spiro atoms. The van der Waals surface area contributed by atoms with E-state index in [0.717, 1.165) is 6.07 Å². The number of rotatable bonds is 10. The summed E-state index contributed by atoms with van der Waals surface area (Å²) in [6.07, 6.45) is 1.42. The van der Waals surface area contributed by atoms with Gasteiger partial charge >= 0.3 is 0 Å². The van der Waals surface area contributed by atoms with Crippen LogP contribution in [-0.2, 0) is 10.0 Å². The summed E-state index contributed by atoms with van der Waals surface area (Å²) in [6.45, 7) is 0. The van der Waals surface area contributed by atoms with E-state index in [-0.39, 0.29) is 22.0 Å². The van der Waals surface area contributed by atoms with Gasteiger partial charge in [0, 0.05) is 29.4 Å². The van der Waals surface area contributed by atoms with E-state index >= 15 is 0 Å². The number of ether oxygens (including phenoxy) is 3. The van der Waals surface area contributed by atoms with Crippen molar-refractivity contribution in [1.82, 2.24) is 0 Å². The molecular weight excluding hydrogens is 464 g/mol. The second kappa shape index (κ2) is 10.5. The number of nitro benzene ring substituents is 1. The number of nitro groups is 1. The molecule has 0 aliphatic rings. The molecule has 0 aliphatic carbocycles. The van der Waals surface area contributed by atoms with Crippen LogP contribution in [0, 0.1) is 10.1 Å². The molecule has 0 heterocycles. The number of benzene rings is 3. The molecule has 0 saturated carbocycles. The van der Waals surface area contributed by atoms with Crippen LogP contribution in [0.5, 0.6) is 17.2 Å². The van der Waals surface area contributed by atoms with Gasteiger partial charge in [0.25, 0.3) is 15.7 Å². The first-order chi connectivity index (χ1) is 16.3. The lowest BCUT2D eigenvalue weighted by molar-refractivity contribution is -0.385. The Morgan fingerprint density at radius 1 is 0.912 bits per heavy atom. The molecular formula is C22H22N4O7S. The number of non-ortho nitro benzene ring substituents is 1. The molecule has 0 unspecified atom stereocenters. The summed E-state index contributed by atoms with van der Waals surface area (Å²) in [5, 5.41) is 15.3. The van der Waals surface area contributed by atoms with Gasteiger partial charge in [-0.1, -0.05) is 0 Å². The van der Waals surface area contributed by atoms with Crippen molar-refractivity contribution < 1.29 is 27.6 Å². The van der Waals surface area contributed by atoms with Gasteiger partial charge in [-0.15, -0.1) is 0 Å². The summed E-state index contributed by atoms with van der Waals surface area (Å²) in [4.78, 5) is 10.2. The first-order valence-electron chi connectivity index (χ1n) is 9.74. The largest absolute Gasteiger partial charge is 0.497 e. The Balaban J connectivity index is 1.92. The van der Waals surface area contributed by atoms with Crippen molar-refractivity contribution in [3.05, 3.63) is 76.3 Å². The molecule has 34 heavy (non-hydrogen) atoms. The van der Waals surface area contributed by atoms with E-state index in [1.165, 1.54) is 51.8 Å². The molecule has 0 saturated heterocycles. The maximum absolute atomic E-state index is 13.1. The number of nitrogens with one attached hydrogen (secondary N) is 2. The number of anilines is 2. The number of sulfonamides is 1. The van der Waals surface area contributed by atoms with Gasteiger partial charge in [-0.2, -0.15) is 5.10 Å². The Bertz CT molecular complexity index is 1310. The molecule has 3 aromatic rings. The van der Waals surface area contributed by atoms with Gasteiger partial charge in [0.2, 0.25) is 0 Å². The minimum Gasteiger partial charge on any atom is -0.497 e. The van der Waals surface area contributed by atoms with Crippen LogP contribution in [0.4, 0.5) is 17.1 Å². The lowest BCUT2D eigenvalue weighted by Gasteiger charge is -2.12. The molecule has 0 aliphatic heterocycles. The molecule has 0 bridgehead atoms. The first-order valence-corrected chi connectivity index (χ1v) is 11.2. The van der Waals surface area contributed by atoms with Crippen molar-refractivity contribution >= 4 is 33.3 Å². The van der Waals surface area contributed by atoms with Gasteiger partial charge in [-0.05, 0) is 42.5 Å². The van der Waals surface area contributed by atoms with Crippen LogP contribution in [0.2, 0.25) is 0 Å². The van der Waals surface area contributed by atoms with Crippen molar-refractivity contribution in [3.8, 4) is 17.2 Å². The smallest absolute Gasteiger partial charge is 0.270 e. The standard InChI is InChI=1S/C22H22N4O7S/c1-31-18-9-5-16(6-10-18)25-34(29,30)22-12-17(26(27)28)7-11-20(22)24-23-14-15-4-8-19(32-2)13-21(15)33-3/h4-14,24-25H,1-3H3/b23-14+. The first kappa shape index (κ1) is 24.3. The number of hydrogen-bond donors (Lipinski definition) is 2. The second-order valence-electron chi connectivity index (χ2n) is 6.75. The lowest BCUT2D eigenvalue weighted by Crippen LogP contribution is -2.15. The average Bonchev–Trinajstić information content (AvgIpc) is 2.84. The van der Waals surface area contributed by atoms with Crippen LogP contribution in [0.25, 0.3) is 0 Å². The maximum atomic E-state index is 13.1. The molecule has 0 atom stereocenters. The number of methoxy groups -OCH3 is 3. The SMILES string of the molecule is COc1ccc(NS(=O)(=O)c2cc([N+](=O)[O-])ccc2N/N=C/c2ccc(OC)cc2OC)cc1. The summed E-state index contributed by atoms with van der Waals surface area (Å²) in [5.41, 5.74) is 3.14. The molecule has 0 radical (unpaired) electrons. The quantitative estimate of drug-likeness (QED) is 0.250. The van der Waals surface area contributed by atoms with E-state index in [9.17, 15) is 18.5 Å². The van der Waals surface area contributed by atoms with Gasteiger partial charge in [-0.3, -0.25) is 20.3 Å². The van der Waals surface area contributed by atoms with Gasteiger partial charge in [-0.25, -0.2) is 8.42 Å². The Morgan fingerprint density at radius 2 is 1.59 bits per heavy atom. The highest BCUT2D eigenvalue weighted by Gasteiger charge is 2.23. The highest BCUT2D eigenvalue weighted by atomic mass is 32.2. The predicted octanol–water partition coefficient (Wildman–Crippen LogP) is 3.87. The van der Waals surface area contributed by atoms with Crippen LogP contribution in [0.1, 0.15) is 5.56 Å². The topological polar surface area (TPSA) is 141 Å². The minimum absolute atomic E-state index is 0.0374. The summed E-state index contributed by atoms with van der Waals surface area (Å²) < 4.78 is 44.1. The number of hydrazone groups is 1. The molecule has 2 N–H and O–H groups in total. The molecule has 0 aromatic heterocycles. The lowest BCUT2D eigenvalue weighted by atomic mass is 10.2. The zero-order valence-corrected chi connectivity index (χ0v) is 19.3. The Morgan fingerprint density at radius 3 is 2.21 bits per heavy atom. The molecule has 0 amide bonds. The van der Waals surface area contributed by atoms with Crippen LogP contribution >= 0.6 is 0 Å². The van der Waals surface area contributed by atoms with Gasteiger partial charge < -0.3 is 14.2 Å². The highest BCUT2D eigenvalue weighted by Crippen LogP contribution is 2.29. The Kier molecular flexibility index (Phi) is 7.53. The maximum Gasteiger partial charge on any atom is 0.270 e. The fourth-order valence-electron chi connectivity index (χ4n) is 2.90.